The van der Waals surface area contributed by atoms with Gasteiger partial charge < -0.3 is 19.7 Å². The monoisotopic (exact) mass is 334 g/mol. The van der Waals surface area contributed by atoms with Crippen molar-refractivity contribution in [2.75, 3.05) is 27.4 Å². The van der Waals surface area contributed by atoms with Gasteiger partial charge >= 0.3 is 0 Å². The van der Waals surface area contributed by atoms with Gasteiger partial charge in [0.1, 0.15) is 11.3 Å². The SMILES string of the molecule is COCCCNC(=O)[C@]1(C)CCC(=O)N1Cc1ccccc1OC. The van der Waals surface area contributed by atoms with Gasteiger partial charge in [-0.25, -0.2) is 0 Å². The third-order valence-electron chi connectivity index (χ3n) is 4.54. The van der Waals surface area contributed by atoms with Gasteiger partial charge in [0.2, 0.25) is 11.8 Å². The molecule has 132 valence electrons. The van der Waals surface area contributed by atoms with E-state index in [0.717, 1.165) is 17.7 Å². The number of para-hydroxylation sites is 1. The summed E-state index contributed by atoms with van der Waals surface area (Å²) in [6.07, 6.45) is 1.66. The van der Waals surface area contributed by atoms with E-state index in [1.165, 1.54) is 0 Å². The lowest BCUT2D eigenvalue weighted by Crippen LogP contribution is -2.54. The van der Waals surface area contributed by atoms with Gasteiger partial charge in [0.05, 0.1) is 13.7 Å². The van der Waals surface area contributed by atoms with E-state index in [2.05, 4.69) is 5.32 Å². The maximum Gasteiger partial charge on any atom is 0.245 e. The number of nitrogens with zero attached hydrogens (tertiary/aromatic N) is 1. The molecule has 2 rings (SSSR count). The fourth-order valence-corrected chi connectivity index (χ4v) is 3.01. The fourth-order valence-electron chi connectivity index (χ4n) is 3.01. The lowest BCUT2D eigenvalue weighted by atomic mass is 9.97. The first-order chi connectivity index (χ1) is 11.5. The molecule has 0 bridgehead atoms. The molecule has 24 heavy (non-hydrogen) atoms. The van der Waals surface area contributed by atoms with E-state index >= 15 is 0 Å². The quantitative estimate of drug-likeness (QED) is 0.735. The van der Waals surface area contributed by atoms with Crippen LogP contribution in [0.15, 0.2) is 24.3 Å². The molecule has 0 radical (unpaired) electrons. The second-order valence-corrected chi connectivity index (χ2v) is 6.17. The smallest absolute Gasteiger partial charge is 0.245 e. The summed E-state index contributed by atoms with van der Waals surface area (Å²) in [5.74, 6) is 0.606. The normalized spacial score (nSPS) is 20.3. The summed E-state index contributed by atoms with van der Waals surface area (Å²) in [4.78, 5) is 26.7. The van der Waals surface area contributed by atoms with Crippen LogP contribution >= 0.6 is 0 Å². The molecule has 0 unspecified atom stereocenters. The second kappa shape index (κ2) is 8.15. The van der Waals surface area contributed by atoms with Gasteiger partial charge in [-0.2, -0.15) is 0 Å². The minimum absolute atomic E-state index is 0.00422. The highest BCUT2D eigenvalue weighted by atomic mass is 16.5. The molecule has 6 heteroatoms. The first-order valence-corrected chi connectivity index (χ1v) is 8.22. The standard InChI is InChI=1S/C18H26N2O4/c1-18(17(22)19-11-6-12-23-2)10-9-16(21)20(18)13-14-7-4-5-8-15(14)24-3/h4-5,7-8H,6,9-13H2,1-3H3,(H,19,22)/t18-/m0/s1. The Balaban J connectivity index is 2.11. The van der Waals surface area contributed by atoms with Crippen LogP contribution in [-0.4, -0.2) is 49.6 Å². The maximum absolute atomic E-state index is 12.7. The molecule has 1 saturated heterocycles. The van der Waals surface area contributed by atoms with Crippen molar-refractivity contribution in [1.82, 2.24) is 10.2 Å². The van der Waals surface area contributed by atoms with Crippen LogP contribution in [0.3, 0.4) is 0 Å². The number of hydrogen-bond donors (Lipinski definition) is 1. The van der Waals surface area contributed by atoms with Gasteiger partial charge in [0, 0.05) is 32.2 Å². The molecular formula is C18H26N2O4. The average Bonchev–Trinajstić information content (AvgIpc) is 2.88. The van der Waals surface area contributed by atoms with Crippen LogP contribution in [-0.2, 0) is 20.9 Å². The molecule has 1 atom stereocenters. The van der Waals surface area contributed by atoms with E-state index in [0.29, 0.717) is 32.5 Å². The number of hydrogen-bond acceptors (Lipinski definition) is 4. The second-order valence-electron chi connectivity index (χ2n) is 6.17. The van der Waals surface area contributed by atoms with E-state index in [1.807, 2.05) is 31.2 Å². The first kappa shape index (κ1) is 18.3. The van der Waals surface area contributed by atoms with Crippen molar-refractivity contribution in [1.29, 1.82) is 0 Å². The molecule has 1 aliphatic heterocycles. The molecule has 6 nitrogen and oxygen atoms in total. The molecule has 1 heterocycles. The Kier molecular flexibility index (Phi) is 6.20. The molecular weight excluding hydrogens is 308 g/mol. The van der Waals surface area contributed by atoms with Gasteiger partial charge in [0.15, 0.2) is 0 Å². The number of benzene rings is 1. The summed E-state index contributed by atoms with van der Waals surface area (Å²) >= 11 is 0. The Bertz CT molecular complexity index is 590. The molecule has 0 saturated carbocycles. The number of carbonyl (C=O) groups is 2. The average molecular weight is 334 g/mol. The zero-order valence-electron chi connectivity index (χ0n) is 14.6. The van der Waals surface area contributed by atoms with Gasteiger partial charge in [-0.15, -0.1) is 0 Å². The van der Waals surface area contributed by atoms with Crippen molar-refractivity contribution >= 4 is 11.8 Å². The number of carbonyl (C=O) groups excluding carboxylic acids is 2. The molecule has 0 spiro atoms. The van der Waals surface area contributed by atoms with Crippen molar-refractivity contribution in [3.63, 3.8) is 0 Å². The highest BCUT2D eigenvalue weighted by Gasteiger charge is 2.47. The number of likely N-dealkylation sites (tertiary alicyclic amines) is 1. The van der Waals surface area contributed by atoms with Crippen molar-refractivity contribution in [3.8, 4) is 5.75 Å². The van der Waals surface area contributed by atoms with E-state index in [1.54, 1.807) is 19.1 Å². The Morgan fingerprint density at radius 2 is 2.08 bits per heavy atom. The van der Waals surface area contributed by atoms with Crippen LogP contribution in [0.25, 0.3) is 0 Å². The van der Waals surface area contributed by atoms with Crippen LogP contribution < -0.4 is 10.1 Å². The number of rotatable bonds is 8. The van der Waals surface area contributed by atoms with Crippen LogP contribution in [0, 0.1) is 0 Å². The topological polar surface area (TPSA) is 67.9 Å². The summed E-state index contributed by atoms with van der Waals surface area (Å²) in [5, 5.41) is 2.92. The lowest BCUT2D eigenvalue weighted by Gasteiger charge is -2.34. The minimum atomic E-state index is -0.828. The third-order valence-corrected chi connectivity index (χ3v) is 4.54. The molecule has 1 aromatic carbocycles. The molecule has 1 aromatic rings. The minimum Gasteiger partial charge on any atom is -0.496 e. The number of nitrogens with one attached hydrogen (secondary N) is 1. The molecule has 2 amide bonds. The summed E-state index contributed by atoms with van der Waals surface area (Å²) in [6, 6.07) is 7.57. The van der Waals surface area contributed by atoms with Crippen molar-refractivity contribution < 1.29 is 19.1 Å². The van der Waals surface area contributed by atoms with E-state index in [9.17, 15) is 9.59 Å². The molecule has 1 N–H and O–H groups in total. The Hall–Kier alpha value is -2.08. The summed E-state index contributed by atoms with van der Waals surface area (Å²) in [7, 11) is 3.24. The molecule has 0 aliphatic carbocycles. The number of amides is 2. The first-order valence-electron chi connectivity index (χ1n) is 8.22. The zero-order chi connectivity index (χ0) is 17.6. The summed E-state index contributed by atoms with van der Waals surface area (Å²) in [5.41, 5.74) is 0.0685. The van der Waals surface area contributed by atoms with Gasteiger partial charge in [-0.1, -0.05) is 18.2 Å². The van der Waals surface area contributed by atoms with Gasteiger partial charge in [-0.05, 0) is 25.8 Å². The maximum atomic E-state index is 12.7. The highest BCUT2D eigenvalue weighted by molar-refractivity contribution is 5.94. The van der Waals surface area contributed by atoms with Crippen LogP contribution in [0.5, 0.6) is 5.75 Å². The molecule has 1 fully saturated rings. The van der Waals surface area contributed by atoms with E-state index in [-0.39, 0.29) is 11.8 Å². The Morgan fingerprint density at radius 1 is 1.33 bits per heavy atom. The predicted molar refractivity (Wildman–Crippen MR) is 90.7 cm³/mol. The van der Waals surface area contributed by atoms with Gasteiger partial charge in [-0.3, -0.25) is 9.59 Å². The Labute approximate surface area is 143 Å². The highest BCUT2D eigenvalue weighted by Crippen LogP contribution is 2.33. The van der Waals surface area contributed by atoms with E-state index in [4.69, 9.17) is 9.47 Å². The third kappa shape index (κ3) is 3.87. The van der Waals surface area contributed by atoms with Crippen LogP contribution in [0.4, 0.5) is 0 Å². The van der Waals surface area contributed by atoms with E-state index < -0.39 is 5.54 Å². The summed E-state index contributed by atoms with van der Waals surface area (Å²) in [6.45, 7) is 3.34. The molecule has 1 aliphatic rings. The summed E-state index contributed by atoms with van der Waals surface area (Å²) < 4.78 is 10.3. The number of methoxy groups -OCH3 is 2. The van der Waals surface area contributed by atoms with Crippen LogP contribution in [0.1, 0.15) is 31.7 Å². The van der Waals surface area contributed by atoms with Crippen molar-refractivity contribution in [2.45, 2.75) is 38.3 Å². The van der Waals surface area contributed by atoms with Crippen LogP contribution in [0.2, 0.25) is 0 Å². The molecule has 0 aromatic heterocycles. The largest absolute Gasteiger partial charge is 0.496 e. The lowest BCUT2D eigenvalue weighted by molar-refractivity contribution is -0.141. The fraction of sp³-hybridized carbons (Fsp3) is 0.556. The predicted octanol–water partition coefficient (Wildman–Crippen LogP) is 1.73. The van der Waals surface area contributed by atoms with Crippen molar-refractivity contribution in [2.24, 2.45) is 0 Å². The Morgan fingerprint density at radius 3 is 2.79 bits per heavy atom. The number of ether oxygens (including phenoxy) is 2. The zero-order valence-corrected chi connectivity index (χ0v) is 14.6. The van der Waals surface area contributed by atoms with Crippen molar-refractivity contribution in [3.05, 3.63) is 29.8 Å². The van der Waals surface area contributed by atoms with Gasteiger partial charge in [0.25, 0.3) is 0 Å².